The molecule has 2 fully saturated rings. The van der Waals surface area contributed by atoms with Crippen LogP contribution in [0, 0.1) is 0 Å². The minimum atomic E-state index is -0.0689. The second-order valence-corrected chi connectivity index (χ2v) is 7.80. The first-order chi connectivity index (χ1) is 13.3. The Morgan fingerprint density at radius 1 is 1.22 bits per heavy atom. The fourth-order valence-electron chi connectivity index (χ4n) is 3.45. The van der Waals surface area contributed by atoms with Gasteiger partial charge in [0.25, 0.3) is 0 Å². The summed E-state index contributed by atoms with van der Waals surface area (Å²) in [4.78, 5) is 14.6. The maximum absolute atomic E-state index is 12.3. The van der Waals surface area contributed by atoms with E-state index in [-0.39, 0.29) is 17.8 Å². The first kappa shape index (κ1) is 18.2. The number of rotatable bonds is 7. The molecule has 0 aliphatic carbocycles. The Balaban J connectivity index is 1.26. The highest BCUT2D eigenvalue weighted by Gasteiger charge is 2.19. The number of ether oxygens (including phenoxy) is 1. The van der Waals surface area contributed by atoms with Crippen LogP contribution in [0.25, 0.3) is 0 Å². The van der Waals surface area contributed by atoms with Crippen molar-refractivity contribution in [3.8, 4) is 0 Å². The number of amides is 1. The highest BCUT2D eigenvalue weighted by atomic mass is 32.2. The Kier molecular flexibility index (Phi) is 5.88. The van der Waals surface area contributed by atoms with Crippen molar-refractivity contribution in [3.63, 3.8) is 0 Å². The van der Waals surface area contributed by atoms with Gasteiger partial charge in [0.1, 0.15) is 0 Å². The van der Waals surface area contributed by atoms with E-state index in [1.54, 1.807) is 4.68 Å². The largest absolute Gasteiger partial charge is 0.376 e. The molecule has 2 aliphatic heterocycles. The first-order valence-corrected chi connectivity index (χ1v) is 10.4. The normalized spacial score (nSPS) is 19.6. The van der Waals surface area contributed by atoms with Gasteiger partial charge in [-0.05, 0) is 60.4 Å². The van der Waals surface area contributed by atoms with Gasteiger partial charge in [0.2, 0.25) is 11.1 Å². The Morgan fingerprint density at radius 2 is 2.04 bits per heavy atom. The number of aromatic nitrogens is 4. The molecule has 1 aromatic heterocycles. The number of anilines is 2. The molecule has 8 nitrogen and oxygen atoms in total. The van der Waals surface area contributed by atoms with Crippen molar-refractivity contribution < 1.29 is 9.53 Å². The van der Waals surface area contributed by atoms with E-state index in [4.69, 9.17) is 4.74 Å². The van der Waals surface area contributed by atoms with Crippen LogP contribution in [0.2, 0.25) is 0 Å². The Bertz CT molecular complexity index is 753. The third kappa shape index (κ3) is 4.78. The minimum Gasteiger partial charge on any atom is -0.376 e. The number of thioether (sulfide) groups is 1. The van der Waals surface area contributed by atoms with Gasteiger partial charge in [-0.3, -0.25) is 4.79 Å². The van der Waals surface area contributed by atoms with Crippen molar-refractivity contribution in [3.05, 3.63) is 24.3 Å². The predicted molar refractivity (Wildman–Crippen MR) is 104 cm³/mol. The number of tetrazole rings is 1. The highest BCUT2D eigenvalue weighted by molar-refractivity contribution is 7.99. The van der Waals surface area contributed by atoms with Gasteiger partial charge < -0.3 is 15.0 Å². The first-order valence-electron chi connectivity index (χ1n) is 9.43. The smallest absolute Gasteiger partial charge is 0.234 e. The van der Waals surface area contributed by atoms with Crippen LogP contribution in [-0.4, -0.2) is 57.7 Å². The number of hydrogen-bond donors (Lipinski definition) is 1. The summed E-state index contributed by atoms with van der Waals surface area (Å²) in [5.41, 5.74) is 2.02. The summed E-state index contributed by atoms with van der Waals surface area (Å²) in [5.74, 6) is 0.195. The lowest BCUT2D eigenvalue weighted by Crippen LogP contribution is -2.19. The Morgan fingerprint density at radius 3 is 2.78 bits per heavy atom. The van der Waals surface area contributed by atoms with Crippen LogP contribution in [0.4, 0.5) is 11.4 Å². The van der Waals surface area contributed by atoms with Crippen molar-refractivity contribution in [1.29, 1.82) is 0 Å². The maximum Gasteiger partial charge on any atom is 0.234 e. The molecule has 3 heterocycles. The van der Waals surface area contributed by atoms with E-state index in [0.717, 1.165) is 38.2 Å². The molecule has 0 radical (unpaired) electrons. The summed E-state index contributed by atoms with van der Waals surface area (Å²) in [6.45, 7) is 3.66. The summed E-state index contributed by atoms with van der Waals surface area (Å²) in [6.07, 6.45) is 4.77. The van der Waals surface area contributed by atoms with Crippen molar-refractivity contribution in [1.82, 2.24) is 20.2 Å². The summed E-state index contributed by atoms with van der Waals surface area (Å²) in [7, 11) is 0. The molecule has 1 N–H and O–H groups in total. The van der Waals surface area contributed by atoms with Crippen LogP contribution < -0.4 is 10.2 Å². The van der Waals surface area contributed by atoms with Crippen molar-refractivity contribution in [2.75, 3.05) is 35.7 Å². The molecule has 0 bridgehead atoms. The lowest BCUT2D eigenvalue weighted by molar-refractivity contribution is -0.113. The molecular formula is C18H24N6O2S. The average molecular weight is 388 g/mol. The fourth-order valence-corrected chi connectivity index (χ4v) is 4.14. The second kappa shape index (κ2) is 8.71. The molecule has 1 amide bonds. The van der Waals surface area contributed by atoms with Crippen molar-refractivity contribution in [2.45, 2.75) is 43.5 Å². The SMILES string of the molecule is O=C(CSc1nnnn1C[C@H]1CCCO1)Nc1ccc(N2CCCC2)cc1. The van der Waals surface area contributed by atoms with Crippen molar-refractivity contribution >= 4 is 29.0 Å². The quantitative estimate of drug-likeness (QED) is 0.728. The van der Waals surface area contributed by atoms with Crippen LogP contribution in [0.5, 0.6) is 0 Å². The van der Waals surface area contributed by atoms with Gasteiger partial charge in [0, 0.05) is 31.1 Å². The Hall–Kier alpha value is -2.13. The van der Waals surface area contributed by atoms with Gasteiger partial charge in [-0.25, -0.2) is 4.68 Å². The van der Waals surface area contributed by atoms with Gasteiger partial charge in [0.15, 0.2) is 0 Å². The zero-order valence-electron chi connectivity index (χ0n) is 15.2. The number of carbonyl (C=O) groups excluding carboxylic acids is 1. The number of hydrogen-bond acceptors (Lipinski definition) is 7. The molecule has 1 atom stereocenters. The molecule has 1 aromatic carbocycles. The Labute approximate surface area is 162 Å². The van der Waals surface area contributed by atoms with E-state index in [2.05, 4.69) is 37.9 Å². The molecule has 2 saturated heterocycles. The standard InChI is InChI=1S/C18H24N6O2S/c25-17(19-14-5-7-15(8-6-14)23-9-1-2-10-23)13-27-18-20-21-22-24(18)12-16-4-3-11-26-16/h5-8,16H,1-4,9-13H2,(H,19,25)/t16-/m1/s1. The number of nitrogens with zero attached hydrogens (tertiary/aromatic N) is 5. The number of benzene rings is 1. The molecule has 2 aromatic rings. The van der Waals surface area contributed by atoms with Crippen LogP contribution in [0.15, 0.2) is 29.4 Å². The summed E-state index contributed by atoms with van der Waals surface area (Å²) < 4.78 is 7.34. The van der Waals surface area contributed by atoms with E-state index >= 15 is 0 Å². The van der Waals surface area contributed by atoms with E-state index < -0.39 is 0 Å². The van der Waals surface area contributed by atoms with E-state index in [0.29, 0.717) is 11.7 Å². The third-order valence-corrected chi connectivity index (χ3v) is 5.81. The van der Waals surface area contributed by atoms with Gasteiger partial charge in [-0.15, -0.1) is 5.10 Å². The molecule has 0 unspecified atom stereocenters. The molecule has 2 aliphatic rings. The van der Waals surface area contributed by atoms with Crippen LogP contribution in [0.1, 0.15) is 25.7 Å². The van der Waals surface area contributed by atoms with E-state index in [1.807, 2.05) is 12.1 Å². The molecule has 27 heavy (non-hydrogen) atoms. The topological polar surface area (TPSA) is 85.2 Å². The van der Waals surface area contributed by atoms with Crippen LogP contribution in [-0.2, 0) is 16.1 Å². The van der Waals surface area contributed by atoms with Gasteiger partial charge in [0.05, 0.1) is 18.4 Å². The average Bonchev–Trinajstić information content (AvgIpc) is 3.44. The van der Waals surface area contributed by atoms with Gasteiger partial charge >= 0.3 is 0 Å². The lowest BCUT2D eigenvalue weighted by Gasteiger charge is -2.17. The summed E-state index contributed by atoms with van der Waals surface area (Å²) >= 11 is 1.34. The summed E-state index contributed by atoms with van der Waals surface area (Å²) in [5, 5.41) is 15.3. The molecule has 144 valence electrons. The second-order valence-electron chi connectivity index (χ2n) is 6.86. The minimum absolute atomic E-state index is 0.0689. The van der Waals surface area contributed by atoms with E-state index in [9.17, 15) is 4.79 Å². The van der Waals surface area contributed by atoms with E-state index in [1.165, 1.54) is 30.3 Å². The zero-order chi connectivity index (χ0) is 18.5. The molecule has 0 saturated carbocycles. The predicted octanol–water partition coefficient (Wildman–Crippen LogP) is 2.18. The lowest BCUT2D eigenvalue weighted by atomic mass is 10.2. The fraction of sp³-hybridized carbons (Fsp3) is 0.556. The number of nitrogens with one attached hydrogen (secondary N) is 1. The molecule has 0 spiro atoms. The molecule has 9 heteroatoms. The van der Waals surface area contributed by atoms with Gasteiger partial charge in [-0.1, -0.05) is 11.8 Å². The van der Waals surface area contributed by atoms with Crippen LogP contribution >= 0.6 is 11.8 Å². The third-order valence-electron chi connectivity index (χ3n) is 4.85. The number of carbonyl (C=O) groups is 1. The highest BCUT2D eigenvalue weighted by Crippen LogP contribution is 2.23. The van der Waals surface area contributed by atoms with Crippen LogP contribution in [0.3, 0.4) is 0 Å². The zero-order valence-corrected chi connectivity index (χ0v) is 16.0. The maximum atomic E-state index is 12.3. The van der Waals surface area contributed by atoms with Crippen molar-refractivity contribution in [2.24, 2.45) is 0 Å². The summed E-state index contributed by atoms with van der Waals surface area (Å²) in [6, 6.07) is 8.04. The van der Waals surface area contributed by atoms with Gasteiger partial charge in [-0.2, -0.15) is 0 Å². The molecular weight excluding hydrogens is 364 g/mol. The monoisotopic (exact) mass is 388 g/mol. The molecule has 4 rings (SSSR count).